The van der Waals surface area contributed by atoms with Crippen LogP contribution in [-0.4, -0.2) is 50.4 Å². The molecule has 132 valence electrons. The van der Waals surface area contributed by atoms with Gasteiger partial charge in [0.25, 0.3) is 11.8 Å². The Bertz CT molecular complexity index is 750. The molecule has 3 unspecified atom stereocenters. The van der Waals surface area contributed by atoms with Gasteiger partial charge in [0.05, 0.1) is 6.26 Å². The van der Waals surface area contributed by atoms with Gasteiger partial charge in [-0.05, 0) is 43.4 Å². The van der Waals surface area contributed by atoms with E-state index in [0.29, 0.717) is 29.8 Å². The number of hydrogen-bond donors (Lipinski definition) is 1. The van der Waals surface area contributed by atoms with Crippen LogP contribution in [0.5, 0.6) is 0 Å². The number of rotatable bonds is 2. The van der Waals surface area contributed by atoms with Crippen LogP contribution in [0.25, 0.3) is 0 Å². The number of furan rings is 1. The van der Waals surface area contributed by atoms with Gasteiger partial charge in [0, 0.05) is 43.9 Å². The molecule has 0 bridgehead atoms. The van der Waals surface area contributed by atoms with Crippen molar-refractivity contribution in [3.8, 4) is 0 Å². The molecule has 2 amide bonds. The number of nitrogens with zero attached hydrogens (tertiary/aromatic N) is 2. The lowest BCUT2D eigenvalue weighted by atomic mass is 9.76. The van der Waals surface area contributed by atoms with Gasteiger partial charge in [-0.15, -0.1) is 0 Å². The summed E-state index contributed by atoms with van der Waals surface area (Å²) in [5.74, 6) is 1.39. The number of nitrogens with one attached hydrogen (secondary N) is 1. The van der Waals surface area contributed by atoms with Crippen molar-refractivity contribution in [3.05, 3.63) is 41.7 Å². The quantitative estimate of drug-likeness (QED) is 0.884. The summed E-state index contributed by atoms with van der Waals surface area (Å²) in [5, 5.41) is 2.65. The van der Waals surface area contributed by atoms with Crippen LogP contribution in [-0.2, 0) is 9.59 Å². The van der Waals surface area contributed by atoms with Crippen LogP contribution in [0.3, 0.4) is 0 Å². The highest BCUT2D eigenvalue weighted by Gasteiger charge is 2.46. The highest BCUT2D eigenvalue weighted by Crippen LogP contribution is 2.42. The summed E-state index contributed by atoms with van der Waals surface area (Å²) in [7, 11) is 3.74. The summed E-state index contributed by atoms with van der Waals surface area (Å²) in [5.41, 5.74) is 1.31. The van der Waals surface area contributed by atoms with Gasteiger partial charge >= 0.3 is 0 Å². The molecule has 0 saturated carbocycles. The van der Waals surface area contributed by atoms with Crippen LogP contribution in [0.4, 0.5) is 5.88 Å². The smallest absolute Gasteiger partial charge is 0.256 e. The largest absolute Gasteiger partial charge is 0.448 e. The van der Waals surface area contributed by atoms with E-state index in [1.807, 2.05) is 12.1 Å². The zero-order chi connectivity index (χ0) is 17.6. The van der Waals surface area contributed by atoms with E-state index in [0.717, 1.165) is 25.1 Å². The maximum absolute atomic E-state index is 13.3. The van der Waals surface area contributed by atoms with Gasteiger partial charge in [0.15, 0.2) is 0 Å². The third-order valence-electron chi connectivity index (χ3n) is 5.66. The first-order valence-electron chi connectivity index (χ1n) is 8.76. The molecular weight excluding hydrogens is 318 g/mol. The maximum Gasteiger partial charge on any atom is 0.256 e. The van der Waals surface area contributed by atoms with Crippen LogP contribution in [0.1, 0.15) is 6.42 Å². The predicted molar refractivity (Wildman–Crippen MR) is 93.9 cm³/mol. The minimum atomic E-state index is -0.146. The summed E-state index contributed by atoms with van der Waals surface area (Å²) >= 11 is 0. The second kappa shape index (κ2) is 6.19. The summed E-state index contributed by atoms with van der Waals surface area (Å²) in [4.78, 5) is 29.4. The molecule has 4 rings (SSSR count). The predicted octanol–water partition coefficient (Wildman–Crippen LogP) is 1.42. The number of allylic oxidation sites excluding steroid dienone is 1. The van der Waals surface area contributed by atoms with Gasteiger partial charge in [-0.3, -0.25) is 14.5 Å². The molecule has 2 fully saturated rings. The number of fused-ring (bicyclic) bond motifs is 3. The number of hydrogen-bond acceptors (Lipinski definition) is 4. The van der Waals surface area contributed by atoms with E-state index >= 15 is 0 Å². The fourth-order valence-electron chi connectivity index (χ4n) is 4.50. The Morgan fingerprint density at radius 1 is 1.32 bits per heavy atom. The number of anilines is 1. The van der Waals surface area contributed by atoms with Gasteiger partial charge < -0.3 is 14.6 Å². The second-order valence-electron chi connectivity index (χ2n) is 7.19. The van der Waals surface area contributed by atoms with Gasteiger partial charge in [0.2, 0.25) is 5.88 Å². The zero-order valence-electron chi connectivity index (χ0n) is 14.6. The summed E-state index contributed by atoms with van der Waals surface area (Å²) in [6.07, 6.45) is 6.08. The van der Waals surface area contributed by atoms with Crippen molar-refractivity contribution < 1.29 is 14.0 Å². The van der Waals surface area contributed by atoms with Gasteiger partial charge in [-0.25, -0.2) is 0 Å². The van der Waals surface area contributed by atoms with Crippen molar-refractivity contribution in [2.45, 2.75) is 6.42 Å². The van der Waals surface area contributed by atoms with E-state index in [1.54, 1.807) is 30.4 Å². The first kappa shape index (κ1) is 16.1. The highest BCUT2D eigenvalue weighted by molar-refractivity contribution is 6.08. The Kier molecular flexibility index (Phi) is 4.00. The number of likely N-dealkylation sites (N-methyl/N-ethyl adjacent to an activating group) is 1. The molecule has 1 N–H and O–H groups in total. The average Bonchev–Trinajstić information content (AvgIpc) is 3.25. The molecule has 25 heavy (non-hydrogen) atoms. The Balaban J connectivity index is 1.76. The monoisotopic (exact) mass is 341 g/mol. The Morgan fingerprint density at radius 3 is 2.88 bits per heavy atom. The Hall–Kier alpha value is -2.34. The topological polar surface area (TPSA) is 65.8 Å². The molecule has 0 radical (unpaired) electrons. The van der Waals surface area contributed by atoms with Gasteiger partial charge in [-0.1, -0.05) is 6.08 Å². The summed E-state index contributed by atoms with van der Waals surface area (Å²) in [6, 6.07) is 3.62. The summed E-state index contributed by atoms with van der Waals surface area (Å²) < 4.78 is 5.52. The Morgan fingerprint density at radius 2 is 2.16 bits per heavy atom. The number of likely N-dealkylation sites (tertiary alicyclic amines) is 1. The van der Waals surface area contributed by atoms with Crippen LogP contribution < -0.4 is 10.2 Å². The van der Waals surface area contributed by atoms with Crippen LogP contribution in [0, 0.1) is 17.8 Å². The van der Waals surface area contributed by atoms with Crippen molar-refractivity contribution >= 4 is 17.7 Å². The molecule has 1 aromatic rings. The molecule has 0 aromatic carbocycles. The third-order valence-corrected chi connectivity index (χ3v) is 5.66. The van der Waals surface area contributed by atoms with Crippen molar-refractivity contribution in [2.24, 2.45) is 17.8 Å². The maximum atomic E-state index is 13.3. The van der Waals surface area contributed by atoms with Gasteiger partial charge in [0.1, 0.15) is 0 Å². The van der Waals surface area contributed by atoms with E-state index in [1.165, 1.54) is 0 Å². The van der Waals surface area contributed by atoms with E-state index in [9.17, 15) is 9.59 Å². The first-order chi connectivity index (χ1) is 12.1. The molecule has 2 saturated heterocycles. The van der Waals surface area contributed by atoms with E-state index in [-0.39, 0.29) is 17.7 Å². The first-order valence-corrected chi connectivity index (χ1v) is 8.76. The molecule has 0 spiro atoms. The van der Waals surface area contributed by atoms with Crippen LogP contribution in [0.15, 0.2) is 46.1 Å². The average molecular weight is 341 g/mol. The van der Waals surface area contributed by atoms with Crippen LogP contribution in [0.2, 0.25) is 0 Å². The molecule has 6 nitrogen and oxygen atoms in total. The van der Waals surface area contributed by atoms with E-state index in [4.69, 9.17) is 4.42 Å². The molecule has 3 atom stereocenters. The highest BCUT2D eigenvalue weighted by atomic mass is 16.3. The molecule has 3 heterocycles. The van der Waals surface area contributed by atoms with Gasteiger partial charge in [-0.2, -0.15) is 0 Å². The second-order valence-corrected chi connectivity index (χ2v) is 7.19. The lowest BCUT2D eigenvalue weighted by Gasteiger charge is -2.27. The minimum Gasteiger partial charge on any atom is -0.448 e. The van der Waals surface area contributed by atoms with E-state index in [2.05, 4.69) is 17.3 Å². The standard InChI is InChI=1S/C19H23N3O3/c1-20-18(23)12-5-6-14-15(8-12)19(24)22(17-4-3-7-25-17)10-13-9-21(2)11-16(13)14/h3-5,7-8,13-14,16H,6,9-11H2,1-2H3,(H,20,23). The minimum absolute atomic E-state index is 0.0356. The third kappa shape index (κ3) is 2.70. The lowest BCUT2D eigenvalue weighted by Crippen LogP contribution is -2.36. The lowest BCUT2D eigenvalue weighted by molar-refractivity contribution is -0.116. The SMILES string of the molecule is CNC(=O)C1=CCC2C(=C1)C(=O)N(c1ccco1)CC1CN(C)CC12. The van der Waals surface area contributed by atoms with E-state index < -0.39 is 0 Å². The molecule has 1 aromatic heterocycles. The van der Waals surface area contributed by atoms with Crippen molar-refractivity contribution in [1.82, 2.24) is 10.2 Å². The van der Waals surface area contributed by atoms with Crippen molar-refractivity contribution in [1.29, 1.82) is 0 Å². The van der Waals surface area contributed by atoms with Crippen LogP contribution >= 0.6 is 0 Å². The molecule has 6 heteroatoms. The van der Waals surface area contributed by atoms with Crippen molar-refractivity contribution in [2.75, 3.05) is 38.6 Å². The molecule has 2 aliphatic heterocycles. The molecule has 1 aliphatic carbocycles. The number of carbonyl (C=O) groups excluding carboxylic acids is 2. The number of amides is 2. The van der Waals surface area contributed by atoms with Crippen molar-refractivity contribution in [3.63, 3.8) is 0 Å². The molecular formula is C19H23N3O3. The fraction of sp³-hybridized carbons (Fsp3) is 0.474. The summed E-state index contributed by atoms with van der Waals surface area (Å²) in [6.45, 7) is 2.62. The normalized spacial score (nSPS) is 29.4. The molecule has 3 aliphatic rings. The fourth-order valence-corrected chi connectivity index (χ4v) is 4.50. The number of carbonyl (C=O) groups is 2. The Labute approximate surface area is 147 Å². The zero-order valence-corrected chi connectivity index (χ0v) is 14.6.